The van der Waals surface area contributed by atoms with E-state index in [9.17, 15) is 4.79 Å². The second-order valence-electron chi connectivity index (χ2n) is 4.26. The molecule has 1 heterocycles. The van der Waals surface area contributed by atoms with Crippen LogP contribution in [-0.2, 0) is 11.2 Å². The lowest BCUT2D eigenvalue weighted by Gasteiger charge is -2.21. The predicted molar refractivity (Wildman–Crippen MR) is 62.1 cm³/mol. The number of hydrogen-bond donors (Lipinski definition) is 0. The van der Waals surface area contributed by atoms with Crippen LogP contribution in [0.2, 0.25) is 0 Å². The molecular formula is C12H16ClNO. The standard InChI is InChI=1S/C12H16ClNO/c1-12(2,11(15)9-13)7-6-10-5-3-4-8-14-10/h3-5,8H,6-7,9H2,1-2H3. The van der Waals surface area contributed by atoms with E-state index in [1.165, 1.54) is 0 Å². The van der Waals surface area contributed by atoms with Crippen molar-refractivity contribution in [3.8, 4) is 0 Å². The van der Waals surface area contributed by atoms with Crippen LogP contribution in [0.25, 0.3) is 0 Å². The van der Waals surface area contributed by atoms with Crippen molar-refractivity contribution in [2.45, 2.75) is 26.7 Å². The smallest absolute Gasteiger partial charge is 0.153 e. The highest BCUT2D eigenvalue weighted by Gasteiger charge is 2.25. The minimum absolute atomic E-state index is 0.0925. The molecule has 0 unspecified atom stereocenters. The van der Waals surface area contributed by atoms with E-state index in [-0.39, 0.29) is 17.1 Å². The van der Waals surface area contributed by atoms with Crippen LogP contribution in [0.4, 0.5) is 0 Å². The summed E-state index contributed by atoms with van der Waals surface area (Å²) in [5, 5.41) is 0. The van der Waals surface area contributed by atoms with Crippen LogP contribution in [0.1, 0.15) is 26.0 Å². The summed E-state index contributed by atoms with van der Waals surface area (Å²) < 4.78 is 0. The number of carbonyl (C=O) groups excluding carboxylic acids is 1. The summed E-state index contributed by atoms with van der Waals surface area (Å²) in [6.45, 7) is 3.86. The number of pyridine rings is 1. The van der Waals surface area contributed by atoms with Gasteiger partial charge in [0.15, 0.2) is 5.78 Å². The molecule has 0 aliphatic rings. The van der Waals surface area contributed by atoms with Gasteiger partial charge in [-0.15, -0.1) is 11.6 Å². The highest BCUT2D eigenvalue weighted by molar-refractivity contribution is 6.28. The van der Waals surface area contributed by atoms with Gasteiger partial charge in [0.1, 0.15) is 0 Å². The molecule has 1 rings (SSSR count). The Morgan fingerprint density at radius 3 is 2.73 bits per heavy atom. The lowest BCUT2D eigenvalue weighted by molar-refractivity contribution is -0.124. The van der Waals surface area contributed by atoms with Crippen LogP contribution in [0, 0.1) is 5.41 Å². The molecular weight excluding hydrogens is 210 g/mol. The monoisotopic (exact) mass is 225 g/mol. The Morgan fingerprint density at radius 1 is 1.47 bits per heavy atom. The fourth-order valence-electron chi connectivity index (χ4n) is 1.31. The number of aryl methyl sites for hydroxylation is 1. The Labute approximate surface area is 95.7 Å². The lowest BCUT2D eigenvalue weighted by Crippen LogP contribution is -2.26. The highest BCUT2D eigenvalue weighted by atomic mass is 35.5. The Morgan fingerprint density at radius 2 is 2.20 bits per heavy atom. The Kier molecular flexibility index (Phi) is 4.28. The highest BCUT2D eigenvalue weighted by Crippen LogP contribution is 2.24. The SMILES string of the molecule is CC(C)(CCc1ccccn1)C(=O)CCl. The van der Waals surface area contributed by atoms with Gasteiger partial charge in [-0.1, -0.05) is 19.9 Å². The second-order valence-corrected chi connectivity index (χ2v) is 4.53. The van der Waals surface area contributed by atoms with Crippen molar-refractivity contribution >= 4 is 17.4 Å². The Bertz CT molecular complexity index is 322. The number of nitrogens with zero attached hydrogens (tertiary/aromatic N) is 1. The molecule has 0 saturated heterocycles. The summed E-state index contributed by atoms with van der Waals surface area (Å²) in [6, 6.07) is 5.82. The lowest BCUT2D eigenvalue weighted by atomic mass is 9.83. The summed E-state index contributed by atoms with van der Waals surface area (Å²) in [4.78, 5) is 15.7. The topological polar surface area (TPSA) is 30.0 Å². The largest absolute Gasteiger partial charge is 0.298 e. The molecule has 0 radical (unpaired) electrons. The van der Waals surface area contributed by atoms with E-state index in [2.05, 4.69) is 4.98 Å². The van der Waals surface area contributed by atoms with Crippen molar-refractivity contribution in [3.63, 3.8) is 0 Å². The second kappa shape index (κ2) is 5.26. The van der Waals surface area contributed by atoms with Crippen molar-refractivity contribution in [2.75, 3.05) is 5.88 Å². The van der Waals surface area contributed by atoms with Gasteiger partial charge in [0.25, 0.3) is 0 Å². The number of hydrogen-bond acceptors (Lipinski definition) is 2. The van der Waals surface area contributed by atoms with E-state index in [0.717, 1.165) is 18.5 Å². The van der Waals surface area contributed by atoms with Crippen molar-refractivity contribution < 1.29 is 4.79 Å². The molecule has 1 aromatic heterocycles. The molecule has 82 valence electrons. The summed E-state index contributed by atoms with van der Waals surface area (Å²) in [5.41, 5.74) is 0.673. The number of aromatic nitrogens is 1. The average molecular weight is 226 g/mol. The first-order chi connectivity index (χ1) is 7.06. The zero-order valence-electron chi connectivity index (χ0n) is 9.16. The van der Waals surface area contributed by atoms with Gasteiger partial charge in [0.05, 0.1) is 5.88 Å². The van der Waals surface area contributed by atoms with Crippen molar-refractivity contribution in [1.82, 2.24) is 4.98 Å². The van der Waals surface area contributed by atoms with E-state index >= 15 is 0 Å². The molecule has 0 fully saturated rings. The van der Waals surface area contributed by atoms with Gasteiger partial charge >= 0.3 is 0 Å². The van der Waals surface area contributed by atoms with Gasteiger partial charge in [-0.2, -0.15) is 0 Å². The third-order valence-electron chi connectivity index (χ3n) is 2.61. The molecule has 0 spiro atoms. The van der Waals surface area contributed by atoms with Crippen LogP contribution in [0.5, 0.6) is 0 Å². The molecule has 2 nitrogen and oxygen atoms in total. The first-order valence-electron chi connectivity index (χ1n) is 5.05. The maximum atomic E-state index is 11.5. The molecule has 0 aromatic carbocycles. The van der Waals surface area contributed by atoms with E-state index in [1.54, 1.807) is 6.20 Å². The van der Waals surface area contributed by atoms with E-state index in [4.69, 9.17) is 11.6 Å². The van der Waals surface area contributed by atoms with Gasteiger partial charge in [-0.25, -0.2) is 0 Å². The summed E-state index contributed by atoms with van der Waals surface area (Å²) in [7, 11) is 0. The molecule has 0 saturated carbocycles. The fraction of sp³-hybridized carbons (Fsp3) is 0.500. The number of Topliss-reactive ketones (excluding diaryl/α,β-unsaturated/α-hetero) is 1. The number of halogens is 1. The van der Waals surface area contributed by atoms with Crippen molar-refractivity contribution in [3.05, 3.63) is 30.1 Å². The number of ketones is 1. The molecule has 0 aliphatic carbocycles. The van der Waals surface area contributed by atoms with Crippen LogP contribution in [0.15, 0.2) is 24.4 Å². The van der Waals surface area contributed by atoms with Crippen LogP contribution in [-0.4, -0.2) is 16.6 Å². The van der Waals surface area contributed by atoms with Crippen LogP contribution in [0.3, 0.4) is 0 Å². The van der Waals surface area contributed by atoms with E-state index in [1.807, 2.05) is 32.0 Å². The molecule has 0 atom stereocenters. The normalized spacial score (nSPS) is 11.4. The van der Waals surface area contributed by atoms with Gasteiger partial charge in [-0.3, -0.25) is 9.78 Å². The van der Waals surface area contributed by atoms with E-state index < -0.39 is 0 Å². The maximum Gasteiger partial charge on any atom is 0.153 e. The molecule has 0 amide bonds. The zero-order chi connectivity index (χ0) is 11.3. The Balaban J connectivity index is 2.53. The minimum Gasteiger partial charge on any atom is -0.298 e. The number of alkyl halides is 1. The molecule has 3 heteroatoms. The molecule has 0 aliphatic heterocycles. The maximum absolute atomic E-state index is 11.5. The van der Waals surface area contributed by atoms with Gasteiger partial charge in [0.2, 0.25) is 0 Å². The average Bonchev–Trinajstić information content (AvgIpc) is 2.27. The molecule has 15 heavy (non-hydrogen) atoms. The van der Waals surface area contributed by atoms with Crippen molar-refractivity contribution in [2.24, 2.45) is 5.41 Å². The number of carbonyl (C=O) groups is 1. The summed E-state index contributed by atoms with van der Waals surface area (Å²) >= 11 is 5.55. The van der Waals surface area contributed by atoms with Crippen LogP contribution < -0.4 is 0 Å². The van der Waals surface area contributed by atoms with E-state index in [0.29, 0.717) is 0 Å². The fourth-order valence-corrected chi connectivity index (χ4v) is 1.67. The minimum atomic E-state index is -0.348. The van der Waals surface area contributed by atoms with Gasteiger partial charge in [-0.05, 0) is 25.0 Å². The molecule has 1 aromatic rings. The summed E-state index contributed by atoms with van der Waals surface area (Å²) in [6.07, 6.45) is 3.37. The summed E-state index contributed by atoms with van der Waals surface area (Å²) in [5.74, 6) is 0.190. The first kappa shape index (κ1) is 12.2. The first-order valence-corrected chi connectivity index (χ1v) is 5.59. The quantitative estimate of drug-likeness (QED) is 0.722. The zero-order valence-corrected chi connectivity index (χ0v) is 9.92. The molecule has 0 bridgehead atoms. The van der Waals surface area contributed by atoms with Crippen molar-refractivity contribution in [1.29, 1.82) is 0 Å². The van der Waals surface area contributed by atoms with Crippen LogP contribution >= 0.6 is 11.6 Å². The predicted octanol–water partition coefficient (Wildman–Crippen LogP) is 2.85. The molecule has 0 N–H and O–H groups in total. The van der Waals surface area contributed by atoms with Gasteiger partial charge in [0, 0.05) is 17.3 Å². The third kappa shape index (κ3) is 3.63. The number of rotatable bonds is 5. The van der Waals surface area contributed by atoms with Gasteiger partial charge < -0.3 is 0 Å². The third-order valence-corrected chi connectivity index (χ3v) is 2.85. The Hall–Kier alpha value is -0.890.